The first-order valence-corrected chi connectivity index (χ1v) is 5.34. The number of hydrogen-bond acceptors (Lipinski definition) is 0. The zero-order valence-electron chi connectivity index (χ0n) is 11.1. The van der Waals surface area contributed by atoms with Gasteiger partial charge in [0.15, 0.2) is 0 Å². The third-order valence-electron chi connectivity index (χ3n) is 2.04. The molecule has 16 heavy (non-hydrogen) atoms. The Morgan fingerprint density at radius 3 is 2.31 bits per heavy atom. The molecule has 0 fully saturated rings. The van der Waals surface area contributed by atoms with Gasteiger partial charge in [-0.15, -0.1) is 24.7 Å². The smallest absolute Gasteiger partial charge is 0.660 e. The maximum absolute atomic E-state index is 4.44. The summed E-state index contributed by atoms with van der Waals surface area (Å²) < 4.78 is 0. The molecule has 1 rings (SSSR count). The second-order valence-corrected chi connectivity index (χ2v) is 3.76. The van der Waals surface area contributed by atoms with Crippen molar-refractivity contribution >= 4 is 0 Å². The molecule has 0 spiro atoms. The maximum atomic E-state index is 4.44. The van der Waals surface area contributed by atoms with E-state index < -0.39 is 0 Å². The van der Waals surface area contributed by atoms with Crippen LogP contribution in [0, 0.1) is 6.42 Å². The molecule has 0 saturated heterocycles. The van der Waals surface area contributed by atoms with Crippen molar-refractivity contribution in [2.45, 2.75) is 32.7 Å². The SMILES string of the molecule is CC(C)[N-]CCC[CH-]c1ccccc1.[Li+].[Li+]. The second kappa shape index (κ2) is 11.7. The van der Waals surface area contributed by atoms with E-state index in [0.29, 0.717) is 6.04 Å². The van der Waals surface area contributed by atoms with Crippen LogP contribution in [0.3, 0.4) is 0 Å². The van der Waals surface area contributed by atoms with Gasteiger partial charge in [0.25, 0.3) is 0 Å². The van der Waals surface area contributed by atoms with Gasteiger partial charge < -0.3 is 5.32 Å². The summed E-state index contributed by atoms with van der Waals surface area (Å²) in [7, 11) is 0. The van der Waals surface area contributed by atoms with Gasteiger partial charge in [-0.1, -0.05) is 32.8 Å². The van der Waals surface area contributed by atoms with Crippen molar-refractivity contribution in [3.8, 4) is 0 Å². The summed E-state index contributed by atoms with van der Waals surface area (Å²) in [5.41, 5.74) is 1.32. The molecule has 0 aliphatic heterocycles. The van der Waals surface area contributed by atoms with Gasteiger partial charge in [-0.05, 0) is 0 Å². The molecular weight excluding hydrogens is 184 g/mol. The molecule has 0 amide bonds. The first-order chi connectivity index (χ1) is 6.79. The summed E-state index contributed by atoms with van der Waals surface area (Å²) in [6.07, 6.45) is 4.56. The van der Waals surface area contributed by atoms with Crippen LogP contribution in [0.25, 0.3) is 5.32 Å². The minimum Gasteiger partial charge on any atom is -0.660 e. The molecule has 0 bridgehead atoms. The molecular formula is C13H19Li2N. The molecule has 0 aromatic heterocycles. The van der Waals surface area contributed by atoms with E-state index >= 15 is 0 Å². The van der Waals surface area contributed by atoms with Gasteiger partial charge in [-0.25, -0.2) is 0 Å². The van der Waals surface area contributed by atoms with E-state index in [1.165, 1.54) is 5.56 Å². The van der Waals surface area contributed by atoms with Crippen molar-refractivity contribution in [2.24, 2.45) is 0 Å². The maximum Gasteiger partial charge on any atom is 1.00 e. The van der Waals surface area contributed by atoms with Gasteiger partial charge >= 0.3 is 37.7 Å². The van der Waals surface area contributed by atoms with E-state index in [-0.39, 0.29) is 37.7 Å². The van der Waals surface area contributed by atoms with E-state index in [1.54, 1.807) is 0 Å². The summed E-state index contributed by atoms with van der Waals surface area (Å²) in [6.45, 7) is 5.24. The van der Waals surface area contributed by atoms with Gasteiger partial charge in [0, 0.05) is 0 Å². The topological polar surface area (TPSA) is 14.1 Å². The van der Waals surface area contributed by atoms with E-state index in [1.807, 2.05) is 6.07 Å². The Labute approximate surface area is 124 Å². The van der Waals surface area contributed by atoms with Gasteiger partial charge in [-0.3, -0.25) is 0 Å². The standard InChI is InChI=1S/C13H19N.2Li/c1-12(2)14-11-7-6-10-13-8-4-3-5-9-13;;/h3-5,8-10,12H,6-7,11H2,1-2H3;;/q-2;2*+1. The van der Waals surface area contributed by atoms with Crippen LogP contribution in [-0.4, -0.2) is 12.6 Å². The Kier molecular flexibility index (Phi) is 13.6. The quantitative estimate of drug-likeness (QED) is 0.283. The van der Waals surface area contributed by atoms with E-state index in [4.69, 9.17) is 0 Å². The van der Waals surface area contributed by atoms with Crippen LogP contribution in [0.2, 0.25) is 0 Å². The van der Waals surface area contributed by atoms with Crippen molar-refractivity contribution in [2.75, 3.05) is 6.54 Å². The Morgan fingerprint density at radius 2 is 1.75 bits per heavy atom. The van der Waals surface area contributed by atoms with Gasteiger partial charge in [-0.2, -0.15) is 24.1 Å². The minimum atomic E-state index is 0. The molecule has 1 aromatic carbocycles. The predicted molar refractivity (Wildman–Crippen MR) is 62.4 cm³/mol. The largest absolute Gasteiger partial charge is 1.00 e. The van der Waals surface area contributed by atoms with Crippen molar-refractivity contribution in [3.05, 3.63) is 47.6 Å². The molecule has 3 heteroatoms. The number of benzene rings is 1. The van der Waals surface area contributed by atoms with Crippen molar-refractivity contribution in [3.63, 3.8) is 0 Å². The predicted octanol–water partition coefficient (Wildman–Crippen LogP) is -2.19. The Bertz CT molecular complexity index is 237. The molecule has 78 valence electrons. The summed E-state index contributed by atoms with van der Waals surface area (Å²) >= 11 is 0. The van der Waals surface area contributed by atoms with E-state index in [9.17, 15) is 0 Å². The molecule has 0 radical (unpaired) electrons. The summed E-state index contributed by atoms with van der Waals surface area (Å²) in [5, 5.41) is 4.44. The summed E-state index contributed by atoms with van der Waals surface area (Å²) in [6, 6.07) is 10.9. The Balaban J connectivity index is 0. The fraction of sp³-hybridized carbons (Fsp3) is 0.462. The van der Waals surface area contributed by atoms with E-state index in [2.05, 4.69) is 49.9 Å². The second-order valence-electron chi connectivity index (χ2n) is 3.76. The molecule has 0 N–H and O–H groups in total. The molecule has 0 aliphatic rings. The van der Waals surface area contributed by atoms with Crippen LogP contribution in [0.15, 0.2) is 30.3 Å². The minimum absolute atomic E-state index is 0. The van der Waals surface area contributed by atoms with Crippen LogP contribution in [0.1, 0.15) is 32.3 Å². The summed E-state index contributed by atoms with van der Waals surface area (Å²) in [4.78, 5) is 0. The fourth-order valence-corrected chi connectivity index (χ4v) is 1.30. The van der Waals surface area contributed by atoms with Crippen molar-refractivity contribution in [1.82, 2.24) is 0 Å². The van der Waals surface area contributed by atoms with Crippen LogP contribution >= 0.6 is 0 Å². The Hall–Kier alpha value is 0.245. The molecule has 0 aliphatic carbocycles. The molecule has 0 unspecified atom stereocenters. The van der Waals surface area contributed by atoms with Crippen LogP contribution < -0.4 is 37.7 Å². The first kappa shape index (κ1) is 18.6. The summed E-state index contributed by atoms with van der Waals surface area (Å²) in [5.74, 6) is 0. The number of nitrogens with zero attached hydrogens (tertiary/aromatic N) is 1. The third-order valence-corrected chi connectivity index (χ3v) is 2.04. The van der Waals surface area contributed by atoms with Crippen LogP contribution in [0.4, 0.5) is 0 Å². The third kappa shape index (κ3) is 9.47. The van der Waals surface area contributed by atoms with Gasteiger partial charge in [0.05, 0.1) is 0 Å². The number of hydrogen-bond donors (Lipinski definition) is 0. The first-order valence-electron chi connectivity index (χ1n) is 5.34. The normalized spacial score (nSPS) is 9.19. The average Bonchev–Trinajstić information content (AvgIpc) is 2.18. The number of unbranched alkanes of at least 4 members (excludes halogenated alkanes) is 1. The van der Waals surface area contributed by atoms with Crippen LogP contribution in [0.5, 0.6) is 0 Å². The molecule has 1 aromatic rings. The molecule has 1 nitrogen and oxygen atoms in total. The van der Waals surface area contributed by atoms with Crippen molar-refractivity contribution < 1.29 is 37.7 Å². The van der Waals surface area contributed by atoms with Gasteiger partial charge in [0.2, 0.25) is 0 Å². The Morgan fingerprint density at radius 1 is 1.12 bits per heavy atom. The van der Waals surface area contributed by atoms with Crippen LogP contribution in [-0.2, 0) is 0 Å². The van der Waals surface area contributed by atoms with Crippen molar-refractivity contribution in [1.29, 1.82) is 0 Å². The van der Waals surface area contributed by atoms with E-state index in [0.717, 1.165) is 19.4 Å². The molecule has 0 atom stereocenters. The molecule has 0 heterocycles. The zero-order chi connectivity index (χ0) is 10.2. The molecule has 0 saturated carbocycles. The zero-order valence-corrected chi connectivity index (χ0v) is 11.1. The monoisotopic (exact) mass is 203 g/mol. The van der Waals surface area contributed by atoms with Gasteiger partial charge in [0.1, 0.15) is 0 Å². The number of rotatable bonds is 6. The average molecular weight is 203 g/mol. The fourth-order valence-electron chi connectivity index (χ4n) is 1.30.